The van der Waals surface area contributed by atoms with Gasteiger partial charge in [0.1, 0.15) is 18.6 Å². The van der Waals surface area contributed by atoms with E-state index in [-0.39, 0.29) is 5.91 Å². The Kier molecular flexibility index (Phi) is 3.83. The molecule has 1 saturated heterocycles. The van der Waals surface area contributed by atoms with Gasteiger partial charge in [0.25, 0.3) is 0 Å². The number of aliphatic carboxylic acids is 1. The number of nitrogens with zero attached hydrogens (tertiary/aromatic N) is 1. The number of carboxylic acid groups (broad SMARTS) is 1. The Bertz CT molecular complexity index is 317. The summed E-state index contributed by atoms with van der Waals surface area (Å²) in [6.07, 6.45) is 0. The highest BCUT2D eigenvalue weighted by Gasteiger charge is 2.45. The minimum Gasteiger partial charge on any atom is -0.480 e. The lowest BCUT2D eigenvalue weighted by Crippen LogP contribution is -2.37. The van der Waals surface area contributed by atoms with Gasteiger partial charge in [-0.2, -0.15) is 0 Å². The van der Waals surface area contributed by atoms with E-state index in [1.807, 2.05) is 0 Å². The highest BCUT2D eigenvalue weighted by Crippen LogP contribution is 2.21. The molecule has 1 aliphatic heterocycles. The fourth-order valence-electron chi connectivity index (χ4n) is 1.40. The molecule has 1 aliphatic rings. The highest BCUT2D eigenvalue weighted by atomic mass is 16.5. The first-order chi connectivity index (χ1) is 7.47. The van der Waals surface area contributed by atoms with Crippen LogP contribution < -0.4 is 5.32 Å². The summed E-state index contributed by atoms with van der Waals surface area (Å²) in [6, 6.07) is -0.904. The van der Waals surface area contributed by atoms with Crippen LogP contribution in [-0.4, -0.2) is 60.1 Å². The largest absolute Gasteiger partial charge is 0.480 e. The zero-order chi connectivity index (χ0) is 12.3. The number of nitrogens with one attached hydrogen (secondary N) is 1. The second-order valence-corrected chi connectivity index (χ2v) is 3.52. The van der Waals surface area contributed by atoms with Gasteiger partial charge in [0, 0.05) is 6.54 Å². The van der Waals surface area contributed by atoms with Crippen LogP contribution in [0.15, 0.2) is 0 Å². The summed E-state index contributed by atoms with van der Waals surface area (Å²) in [5.74, 6) is -1.88. The maximum atomic E-state index is 11.4. The molecule has 0 aromatic heterocycles. The van der Waals surface area contributed by atoms with Gasteiger partial charge < -0.3 is 15.2 Å². The number of ether oxygens (including phenoxy) is 1. The van der Waals surface area contributed by atoms with Crippen molar-refractivity contribution in [1.29, 1.82) is 0 Å². The summed E-state index contributed by atoms with van der Waals surface area (Å²) in [4.78, 5) is 34.3. The molecular weight excluding hydrogens is 216 g/mol. The molecule has 0 saturated carbocycles. The predicted octanol–water partition coefficient (Wildman–Crippen LogP) is -1.57. The summed E-state index contributed by atoms with van der Waals surface area (Å²) < 4.78 is 4.53. The van der Waals surface area contributed by atoms with Crippen molar-refractivity contribution in [2.24, 2.45) is 0 Å². The highest BCUT2D eigenvalue weighted by molar-refractivity contribution is 5.88. The Morgan fingerprint density at radius 3 is 2.69 bits per heavy atom. The molecule has 1 heterocycles. The summed E-state index contributed by atoms with van der Waals surface area (Å²) in [5, 5.41) is 10.6. The van der Waals surface area contributed by atoms with Crippen molar-refractivity contribution in [2.45, 2.75) is 19.0 Å². The second-order valence-electron chi connectivity index (χ2n) is 3.52. The molecule has 90 valence electrons. The van der Waals surface area contributed by atoms with Crippen molar-refractivity contribution in [3.63, 3.8) is 0 Å². The Hall–Kier alpha value is -1.63. The van der Waals surface area contributed by atoms with E-state index in [9.17, 15) is 14.4 Å². The molecule has 2 unspecified atom stereocenters. The standard InChI is InChI=1S/C9H14N2O5/c1-5(9(15)16-2)11-4-6(11)8(14)10-3-7(12)13/h5-6H,3-4H2,1-2H3,(H,10,14)(H,12,13)/t5-,6?,11?/m1/s1. The number of methoxy groups -OCH3 is 1. The van der Waals surface area contributed by atoms with Crippen molar-refractivity contribution in [2.75, 3.05) is 20.2 Å². The van der Waals surface area contributed by atoms with Crippen LogP contribution >= 0.6 is 0 Å². The first-order valence-electron chi connectivity index (χ1n) is 4.80. The van der Waals surface area contributed by atoms with E-state index in [1.54, 1.807) is 11.8 Å². The summed E-state index contributed by atoms with van der Waals surface area (Å²) in [6.45, 7) is 1.67. The van der Waals surface area contributed by atoms with Gasteiger partial charge in [-0.25, -0.2) is 0 Å². The van der Waals surface area contributed by atoms with Crippen LogP contribution in [0.5, 0.6) is 0 Å². The number of amides is 1. The van der Waals surface area contributed by atoms with Crippen molar-refractivity contribution >= 4 is 17.8 Å². The third kappa shape index (κ3) is 2.93. The van der Waals surface area contributed by atoms with Gasteiger partial charge >= 0.3 is 11.9 Å². The molecule has 0 spiro atoms. The van der Waals surface area contributed by atoms with Gasteiger partial charge in [-0.15, -0.1) is 0 Å². The third-order valence-corrected chi connectivity index (χ3v) is 2.41. The van der Waals surface area contributed by atoms with Gasteiger partial charge in [-0.1, -0.05) is 0 Å². The van der Waals surface area contributed by atoms with Crippen molar-refractivity contribution in [3.8, 4) is 0 Å². The monoisotopic (exact) mass is 230 g/mol. The normalized spacial score (nSPS) is 24.4. The molecule has 0 bridgehead atoms. The summed E-state index contributed by atoms with van der Waals surface area (Å²) >= 11 is 0. The van der Waals surface area contributed by atoms with Crippen LogP contribution in [0.4, 0.5) is 0 Å². The van der Waals surface area contributed by atoms with Crippen LogP contribution in [0.25, 0.3) is 0 Å². The number of carboxylic acids is 1. The molecule has 7 nitrogen and oxygen atoms in total. The van der Waals surface area contributed by atoms with E-state index in [2.05, 4.69) is 10.1 Å². The molecule has 0 aliphatic carbocycles. The predicted molar refractivity (Wildman–Crippen MR) is 52.6 cm³/mol. The zero-order valence-corrected chi connectivity index (χ0v) is 9.10. The molecule has 0 aromatic rings. The first kappa shape index (κ1) is 12.4. The molecule has 1 rings (SSSR count). The molecule has 1 amide bonds. The number of hydrogen-bond donors (Lipinski definition) is 2. The number of carbonyl (C=O) groups is 3. The number of rotatable bonds is 5. The molecular formula is C9H14N2O5. The Labute approximate surface area is 92.4 Å². The van der Waals surface area contributed by atoms with Crippen LogP contribution in [-0.2, 0) is 19.1 Å². The fraction of sp³-hybridized carbons (Fsp3) is 0.667. The van der Waals surface area contributed by atoms with Crippen molar-refractivity contribution in [1.82, 2.24) is 10.2 Å². The van der Waals surface area contributed by atoms with Crippen LogP contribution in [0, 0.1) is 0 Å². The average molecular weight is 230 g/mol. The van der Waals surface area contributed by atoms with Gasteiger partial charge in [0.15, 0.2) is 0 Å². The zero-order valence-electron chi connectivity index (χ0n) is 9.10. The van der Waals surface area contributed by atoms with Gasteiger partial charge in [-0.05, 0) is 6.92 Å². The number of carbonyl (C=O) groups excluding carboxylic acids is 2. The van der Waals surface area contributed by atoms with Crippen molar-refractivity contribution in [3.05, 3.63) is 0 Å². The Balaban J connectivity index is 2.35. The van der Waals surface area contributed by atoms with E-state index >= 15 is 0 Å². The lowest BCUT2D eigenvalue weighted by Gasteiger charge is -2.10. The molecule has 0 aromatic carbocycles. The van der Waals surface area contributed by atoms with Gasteiger partial charge in [0.05, 0.1) is 7.11 Å². The number of esters is 1. The smallest absolute Gasteiger partial charge is 0.322 e. The summed E-state index contributed by atoms with van der Waals surface area (Å²) in [5.41, 5.74) is 0. The SMILES string of the molecule is COC(=O)[C@@H](C)N1CC1C(=O)NCC(=O)O. The van der Waals surface area contributed by atoms with Crippen molar-refractivity contribution < 1.29 is 24.2 Å². The van der Waals surface area contributed by atoms with Gasteiger partial charge in [0.2, 0.25) is 5.91 Å². The lowest BCUT2D eigenvalue weighted by molar-refractivity contribution is -0.144. The molecule has 16 heavy (non-hydrogen) atoms. The second kappa shape index (κ2) is 4.93. The quantitative estimate of drug-likeness (QED) is 0.438. The Morgan fingerprint density at radius 2 is 2.19 bits per heavy atom. The molecule has 2 N–H and O–H groups in total. The molecule has 1 fully saturated rings. The minimum atomic E-state index is -1.10. The topological polar surface area (TPSA) is 95.7 Å². The van der Waals surface area contributed by atoms with Gasteiger partial charge in [-0.3, -0.25) is 19.3 Å². The molecule has 3 atom stereocenters. The summed E-state index contributed by atoms with van der Waals surface area (Å²) in [7, 11) is 1.28. The van der Waals surface area contributed by atoms with Crippen LogP contribution in [0.2, 0.25) is 0 Å². The van der Waals surface area contributed by atoms with E-state index in [0.717, 1.165) is 0 Å². The van der Waals surface area contributed by atoms with Crippen LogP contribution in [0.3, 0.4) is 0 Å². The fourth-order valence-corrected chi connectivity index (χ4v) is 1.40. The van der Waals surface area contributed by atoms with E-state index in [0.29, 0.717) is 6.54 Å². The third-order valence-electron chi connectivity index (χ3n) is 2.41. The Morgan fingerprint density at radius 1 is 1.56 bits per heavy atom. The van der Waals surface area contributed by atoms with E-state index in [4.69, 9.17) is 5.11 Å². The maximum Gasteiger partial charge on any atom is 0.322 e. The molecule has 7 heteroatoms. The molecule has 0 radical (unpaired) electrons. The number of hydrogen-bond acceptors (Lipinski definition) is 5. The van der Waals surface area contributed by atoms with E-state index < -0.39 is 30.6 Å². The van der Waals surface area contributed by atoms with Crippen LogP contribution in [0.1, 0.15) is 6.92 Å². The van der Waals surface area contributed by atoms with E-state index in [1.165, 1.54) is 7.11 Å². The minimum absolute atomic E-state index is 0.377. The first-order valence-corrected chi connectivity index (χ1v) is 4.80. The lowest BCUT2D eigenvalue weighted by atomic mass is 10.3. The average Bonchev–Trinajstić information content (AvgIpc) is 3.03. The maximum absolute atomic E-state index is 11.4.